The maximum atomic E-state index is 11.9. The quantitative estimate of drug-likeness (QED) is 0.357. The lowest BCUT2D eigenvalue weighted by Gasteiger charge is -2.20. The maximum Gasteiger partial charge on any atom is 0.220 e. The molecule has 0 bridgehead atoms. The van der Waals surface area contributed by atoms with Crippen LogP contribution in [0, 0.1) is 17.8 Å². The van der Waals surface area contributed by atoms with Gasteiger partial charge in [-0.1, -0.05) is 50.0 Å². The zero-order valence-electron chi connectivity index (χ0n) is 19.0. The van der Waals surface area contributed by atoms with Crippen LogP contribution in [0.5, 0.6) is 0 Å². The molecule has 2 rings (SSSR count). The molecular formula is C25H43NO3. The van der Waals surface area contributed by atoms with Crippen molar-refractivity contribution in [3.05, 3.63) is 23.8 Å². The van der Waals surface area contributed by atoms with Crippen molar-refractivity contribution in [3.63, 3.8) is 0 Å². The Labute approximate surface area is 177 Å². The minimum Gasteiger partial charge on any atom is -0.392 e. The van der Waals surface area contributed by atoms with E-state index in [2.05, 4.69) is 24.4 Å². The first kappa shape index (κ1) is 24.1. The third kappa shape index (κ3) is 8.25. The zero-order chi connectivity index (χ0) is 21.4. The molecule has 2 aliphatic carbocycles. The average molecular weight is 406 g/mol. The number of allylic oxidation sites excluding steroid dienone is 2. The summed E-state index contributed by atoms with van der Waals surface area (Å²) in [4.78, 5) is 11.9. The molecule has 3 N–H and O–H groups in total. The van der Waals surface area contributed by atoms with Gasteiger partial charge in [-0.05, 0) is 71.1 Å². The molecule has 166 valence electrons. The third-order valence-corrected chi connectivity index (χ3v) is 6.33. The van der Waals surface area contributed by atoms with Gasteiger partial charge in [0.25, 0.3) is 0 Å². The van der Waals surface area contributed by atoms with Crippen molar-refractivity contribution in [2.24, 2.45) is 17.8 Å². The summed E-state index contributed by atoms with van der Waals surface area (Å²) in [5.74, 6) is 1.36. The molecule has 4 heteroatoms. The van der Waals surface area contributed by atoms with Crippen LogP contribution >= 0.6 is 0 Å². The summed E-state index contributed by atoms with van der Waals surface area (Å²) >= 11 is 0. The van der Waals surface area contributed by atoms with Gasteiger partial charge in [0, 0.05) is 17.9 Å². The van der Waals surface area contributed by atoms with E-state index in [1.807, 2.05) is 26.8 Å². The van der Waals surface area contributed by atoms with Gasteiger partial charge in [-0.3, -0.25) is 4.79 Å². The fraction of sp³-hybridized carbons (Fsp3) is 0.800. The van der Waals surface area contributed by atoms with E-state index < -0.39 is 0 Å². The van der Waals surface area contributed by atoms with Crippen molar-refractivity contribution < 1.29 is 15.0 Å². The highest BCUT2D eigenvalue weighted by Crippen LogP contribution is 2.50. The van der Waals surface area contributed by atoms with E-state index >= 15 is 0 Å². The number of carbonyl (C=O) groups excluding carboxylic acids is 1. The third-order valence-electron chi connectivity index (χ3n) is 6.33. The highest BCUT2D eigenvalue weighted by molar-refractivity contribution is 5.76. The molecule has 0 aromatic heterocycles. The first-order valence-corrected chi connectivity index (χ1v) is 11.7. The predicted molar refractivity (Wildman–Crippen MR) is 119 cm³/mol. The fourth-order valence-electron chi connectivity index (χ4n) is 4.95. The van der Waals surface area contributed by atoms with E-state index in [1.54, 1.807) is 0 Å². The molecule has 0 spiro atoms. The highest BCUT2D eigenvalue weighted by Gasteiger charge is 2.44. The zero-order valence-corrected chi connectivity index (χ0v) is 19.0. The number of nitrogens with one attached hydrogen (secondary N) is 1. The number of amides is 1. The van der Waals surface area contributed by atoms with Crippen LogP contribution in [0.2, 0.25) is 0 Å². The van der Waals surface area contributed by atoms with E-state index in [9.17, 15) is 15.0 Å². The molecule has 0 radical (unpaired) electrons. The lowest BCUT2D eigenvalue weighted by molar-refractivity contribution is -0.122. The van der Waals surface area contributed by atoms with Crippen molar-refractivity contribution in [1.29, 1.82) is 0 Å². The van der Waals surface area contributed by atoms with E-state index in [4.69, 9.17) is 0 Å². The molecule has 4 nitrogen and oxygen atoms in total. The fourth-order valence-corrected chi connectivity index (χ4v) is 4.95. The highest BCUT2D eigenvalue weighted by atomic mass is 16.3. The van der Waals surface area contributed by atoms with Crippen LogP contribution in [0.4, 0.5) is 0 Å². The molecule has 0 heterocycles. The first-order chi connectivity index (χ1) is 13.7. The van der Waals surface area contributed by atoms with Gasteiger partial charge in [0.05, 0.1) is 12.2 Å². The van der Waals surface area contributed by atoms with Crippen LogP contribution in [-0.4, -0.2) is 33.9 Å². The molecule has 0 saturated heterocycles. The average Bonchev–Trinajstić information content (AvgIpc) is 3.12. The number of rotatable bonds is 10. The number of fused-ring (bicyclic) bond motifs is 1. The molecule has 0 unspecified atom stereocenters. The van der Waals surface area contributed by atoms with Gasteiger partial charge < -0.3 is 15.5 Å². The second kappa shape index (κ2) is 11.3. The molecule has 1 amide bonds. The van der Waals surface area contributed by atoms with Crippen molar-refractivity contribution in [3.8, 4) is 0 Å². The Hall–Kier alpha value is -1.13. The Morgan fingerprint density at radius 3 is 2.69 bits per heavy atom. The van der Waals surface area contributed by atoms with Crippen molar-refractivity contribution in [2.75, 3.05) is 0 Å². The van der Waals surface area contributed by atoms with Crippen LogP contribution in [0.15, 0.2) is 23.8 Å². The largest absolute Gasteiger partial charge is 0.392 e. The van der Waals surface area contributed by atoms with E-state index in [1.165, 1.54) is 5.57 Å². The van der Waals surface area contributed by atoms with Gasteiger partial charge in [-0.15, -0.1) is 0 Å². The smallest absolute Gasteiger partial charge is 0.220 e. The van der Waals surface area contributed by atoms with Crippen LogP contribution < -0.4 is 5.32 Å². The molecule has 5 atom stereocenters. The predicted octanol–water partition coefficient (Wildman–Crippen LogP) is 4.90. The van der Waals surface area contributed by atoms with Crippen LogP contribution in [0.25, 0.3) is 0 Å². The monoisotopic (exact) mass is 405 g/mol. The van der Waals surface area contributed by atoms with Gasteiger partial charge in [-0.25, -0.2) is 0 Å². The number of aliphatic hydroxyl groups is 2. The van der Waals surface area contributed by atoms with Gasteiger partial charge in [-0.2, -0.15) is 0 Å². The van der Waals surface area contributed by atoms with Crippen molar-refractivity contribution >= 4 is 5.91 Å². The molecule has 0 aromatic carbocycles. The molecule has 2 aliphatic rings. The van der Waals surface area contributed by atoms with Crippen molar-refractivity contribution in [2.45, 2.75) is 110 Å². The lowest BCUT2D eigenvalue weighted by atomic mass is 9.90. The van der Waals surface area contributed by atoms with Crippen molar-refractivity contribution in [1.82, 2.24) is 5.32 Å². The molecular weight excluding hydrogens is 362 g/mol. The molecule has 2 saturated carbocycles. The molecule has 0 aromatic rings. The molecule has 29 heavy (non-hydrogen) atoms. The topological polar surface area (TPSA) is 69.6 Å². The summed E-state index contributed by atoms with van der Waals surface area (Å²) < 4.78 is 0. The summed E-state index contributed by atoms with van der Waals surface area (Å²) in [6.07, 6.45) is 15.3. The summed E-state index contributed by atoms with van der Waals surface area (Å²) in [5, 5.41) is 23.7. The van der Waals surface area contributed by atoms with Gasteiger partial charge in [0.15, 0.2) is 0 Å². The Bertz CT molecular complexity index is 575. The number of aliphatic hydroxyl groups excluding tert-OH is 2. The minimum absolute atomic E-state index is 0.130. The Morgan fingerprint density at radius 1 is 1.24 bits per heavy atom. The maximum absolute atomic E-state index is 11.9. The normalized spacial score (nSPS) is 29.5. The van der Waals surface area contributed by atoms with Crippen LogP contribution in [0.1, 0.15) is 91.9 Å². The Morgan fingerprint density at radius 2 is 2.00 bits per heavy atom. The SMILES string of the molecule is CCCCC[C@H](O)C=C[C@@H]1[C@H]2CC(=CCCCC(=O)NC(C)(C)C)C[C@H]2C[C@H]1O. The summed E-state index contributed by atoms with van der Waals surface area (Å²) in [5.41, 5.74) is 1.33. The number of hydrogen-bond acceptors (Lipinski definition) is 3. The van der Waals surface area contributed by atoms with Gasteiger partial charge in [0.1, 0.15) is 0 Å². The van der Waals surface area contributed by atoms with E-state index in [-0.39, 0.29) is 29.6 Å². The summed E-state index contributed by atoms with van der Waals surface area (Å²) in [6, 6.07) is 0. The molecule has 0 aliphatic heterocycles. The Balaban J connectivity index is 1.77. The Kier molecular flexibility index (Phi) is 9.42. The number of unbranched alkanes of at least 4 members (excludes halogenated alkanes) is 3. The van der Waals surface area contributed by atoms with Crippen LogP contribution in [0.3, 0.4) is 0 Å². The number of hydrogen-bond donors (Lipinski definition) is 3. The minimum atomic E-state index is -0.386. The van der Waals surface area contributed by atoms with Crippen LogP contribution in [-0.2, 0) is 4.79 Å². The number of carbonyl (C=O) groups is 1. The van der Waals surface area contributed by atoms with Gasteiger partial charge in [0.2, 0.25) is 5.91 Å². The second-order valence-corrected chi connectivity index (χ2v) is 10.2. The lowest BCUT2D eigenvalue weighted by Crippen LogP contribution is -2.40. The van der Waals surface area contributed by atoms with E-state index in [0.29, 0.717) is 18.3 Å². The first-order valence-electron chi connectivity index (χ1n) is 11.7. The summed E-state index contributed by atoms with van der Waals surface area (Å²) in [6.45, 7) is 8.19. The van der Waals surface area contributed by atoms with Gasteiger partial charge >= 0.3 is 0 Å². The second-order valence-electron chi connectivity index (χ2n) is 10.2. The summed E-state index contributed by atoms with van der Waals surface area (Å²) in [7, 11) is 0. The van der Waals surface area contributed by atoms with E-state index in [0.717, 1.165) is 57.8 Å². The standard InChI is InChI=1S/C25H43NO3/c1-5-6-7-11-20(27)13-14-21-22-16-18(15-19(22)17-23(21)28)10-8-9-12-24(29)26-25(2,3)4/h10,13-14,19-23,27-28H,5-9,11-12,15-17H2,1-4H3,(H,26,29)/t19-,20-,21+,22-,23+/m0/s1. The molecule has 2 fully saturated rings.